The highest BCUT2D eigenvalue weighted by atomic mass is 79.9. The van der Waals surface area contributed by atoms with Crippen LogP contribution < -0.4 is 0 Å². The Bertz CT molecular complexity index is 1350. The van der Waals surface area contributed by atoms with Crippen LogP contribution in [0.3, 0.4) is 0 Å². The first-order valence-corrected chi connectivity index (χ1v) is 12.3. The van der Waals surface area contributed by atoms with Crippen molar-refractivity contribution in [1.29, 1.82) is 0 Å². The van der Waals surface area contributed by atoms with E-state index in [0.29, 0.717) is 24.9 Å². The minimum atomic E-state index is -0.445. The van der Waals surface area contributed by atoms with Gasteiger partial charge in [0.25, 0.3) is 5.91 Å². The number of carbonyl (C=O) groups excluding carboxylic acids is 1. The van der Waals surface area contributed by atoms with E-state index < -0.39 is 5.82 Å². The molecule has 6 rings (SSSR count). The minimum Gasteiger partial charge on any atom is -0.338 e. The third-order valence-corrected chi connectivity index (χ3v) is 7.60. The van der Waals surface area contributed by atoms with Crippen LogP contribution in [-0.4, -0.2) is 51.3 Å². The highest BCUT2D eigenvalue weighted by Gasteiger charge is 2.42. The van der Waals surface area contributed by atoms with Crippen molar-refractivity contribution < 1.29 is 9.18 Å². The van der Waals surface area contributed by atoms with E-state index >= 15 is 0 Å². The fourth-order valence-electron chi connectivity index (χ4n) is 5.44. The zero-order chi connectivity index (χ0) is 23.2. The molecule has 172 valence electrons. The molecule has 0 N–H and O–H groups in total. The number of aromatic nitrogens is 2. The smallest absolute Gasteiger partial charge is 0.256 e. The Morgan fingerprint density at radius 3 is 2.38 bits per heavy atom. The fourth-order valence-corrected chi connectivity index (χ4v) is 5.70. The number of likely N-dealkylation sites (tertiary alicyclic amines) is 2. The summed E-state index contributed by atoms with van der Waals surface area (Å²) >= 11 is 3.52. The number of carbonyl (C=O) groups is 1. The molecule has 4 heterocycles. The van der Waals surface area contributed by atoms with E-state index in [4.69, 9.17) is 4.98 Å². The molecular formula is C27H24BrFN4O. The number of fused-ring (bicyclic) bond motifs is 2. The van der Waals surface area contributed by atoms with Gasteiger partial charge in [-0.25, -0.2) is 9.37 Å². The SMILES string of the molecule is O=C(c1ccccc1F)N1CC2CN(Cc3c(-c4ccc(Br)cc4)nc4ccccn34)CC2C1. The van der Waals surface area contributed by atoms with Gasteiger partial charge in [-0.15, -0.1) is 0 Å². The van der Waals surface area contributed by atoms with Crippen LogP contribution in [0, 0.1) is 17.7 Å². The molecule has 2 unspecified atom stereocenters. The predicted octanol–water partition coefficient (Wildman–Crippen LogP) is 5.11. The monoisotopic (exact) mass is 518 g/mol. The first kappa shape index (κ1) is 21.5. The predicted molar refractivity (Wildman–Crippen MR) is 133 cm³/mol. The lowest BCUT2D eigenvalue weighted by Gasteiger charge is -2.22. The average molecular weight is 519 g/mol. The Hall–Kier alpha value is -3.03. The van der Waals surface area contributed by atoms with Gasteiger partial charge in [-0.05, 0) is 48.2 Å². The Labute approximate surface area is 206 Å². The van der Waals surface area contributed by atoms with Crippen LogP contribution in [0.5, 0.6) is 0 Å². The van der Waals surface area contributed by atoms with E-state index in [2.05, 4.69) is 43.6 Å². The lowest BCUT2D eigenvalue weighted by atomic mass is 10.0. The van der Waals surface area contributed by atoms with Crippen LogP contribution in [0.1, 0.15) is 16.1 Å². The van der Waals surface area contributed by atoms with Gasteiger partial charge in [-0.3, -0.25) is 9.69 Å². The largest absolute Gasteiger partial charge is 0.338 e. The number of hydrogen-bond donors (Lipinski definition) is 0. The number of imidazole rings is 1. The van der Waals surface area contributed by atoms with E-state index in [1.807, 2.05) is 35.2 Å². The zero-order valence-corrected chi connectivity index (χ0v) is 20.2. The molecule has 2 fully saturated rings. The Kier molecular flexibility index (Phi) is 5.46. The second kappa shape index (κ2) is 8.64. The van der Waals surface area contributed by atoms with E-state index in [0.717, 1.165) is 41.0 Å². The maximum atomic E-state index is 14.1. The average Bonchev–Trinajstić information content (AvgIpc) is 3.52. The molecular weight excluding hydrogens is 495 g/mol. The second-order valence-electron chi connectivity index (χ2n) is 9.25. The van der Waals surface area contributed by atoms with Crippen LogP contribution >= 0.6 is 15.9 Å². The molecule has 2 saturated heterocycles. The van der Waals surface area contributed by atoms with Gasteiger partial charge in [0.05, 0.1) is 17.0 Å². The Morgan fingerprint density at radius 2 is 1.65 bits per heavy atom. The molecule has 2 aromatic heterocycles. The van der Waals surface area contributed by atoms with Crippen LogP contribution in [0.2, 0.25) is 0 Å². The summed E-state index contributed by atoms with van der Waals surface area (Å²) in [5.41, 5.74) is 4.40. The van der Waals surface area contributed by atoms with Gasteiger partial charge in [0, 0.05) is 49.0 Å². The van der Waals surface area contributed by atoms with Crippen LogP contribution in [0.25, 0.3) is 16.9 Å². The maximum absolute atomic E-state index is 14.1. The third-order valence-electron chi connectivity index (χ3n) is 7.07. The van der Waals surface area contributed by atoms with Gasteiger partial charge < -0.3 is 9.30 Å². The van der Waals surface area contributed by atoms with Gasteiger partial charge in [-0.1, -0.05) is 46.3 Å². The highest BCUT2D eigenvalue weighted by molar-refractivity contribution is 9.10. The van der Waals surface area contributed by atoms with Gasteiger partial charge in [0.1, 0.15) is 11.5 Å². The standard InChI is InChI=1S/C27H24BrFN4O/c28-21-10-8-18(9-11-21)26-24(33-12-4-3-7-25(33)30-26)17-31-13-19-15-32(16-20(19)14-31)27(34)22-5-1-2-6-23(22)29/h1-12,19-20H,13-17H2. The quantitative estimate of drug-likeness (QED) is 0.377. The number of amides is 1. The molecule has 5 nitrogen and oxygen atoms in total. The second-order valence-corrected chi connectivity index (χ2v) is 10.2. The van der Waals surface area contributed by atoms with Crippen molar-refractivity contribution in [1.82, 2.24) is 19.2 Å². The Morgan fingerprint density at radius 1 is 0.941 bits per heavy atom. The summed E-state index contributed by atoms with van der Waals surface area (Å²) in [5, 5.41) is 0. The number of benzene rings is 2. The van der Waals surface area contributed by atoms with Crippen molar-refractivity contribution in [2.75, 3.05) is 26.2 Å². The molecule has 0 bridgehead atoms. The summed E-state index contributed by atoms with van der Waals surface area (Å²) < 4.78 is 17.3. The molecule has 7 heteroatoms. The molecule has 2 aliphatic rings. The number of halogens is 2. The van der Waals surface area contributed by atoms with E-state index in [1.54, 1.807) is 18.2 Å². The maximum Gasteiger partial charge on any atom is 0.256 e. The van der Waals surface area contributed by atoms with Crippen molar-refractivity contribution in [2.45, 2.75) is 6.54 Å². The van der Waals surface area contributed by atoms with E-state index in [1.165, 1.54) is 11.8 Å². The van der Waals surface area contributed by atoms with Crippen molar-refractivity contribution in [3.05, 3.63) is 94.5 Å². The molecule has 0 radical (unpaired) electrons. The highest BCUT2D eigenvalue weighted by Crippen LogP contribution is 2.34. The van der Waals surface area contributed by atoms with Crippen molar-refractivity contribution in [2.24, 2.45) is 11.8 Å². The van der Waals surface area contributed by atoms with Gasteiger partial charge in [0.15, 0.2) is 0 Å². The lowest BCUT2D eigenvalue weighted by Crippen LogP contribution is -2.33. The molecule has 0 spiro atoms. The van der Waals surface area contributed by atoms with Crippen molar-refractivity contribution >= 4 is 27.5 Å². The first-order chi connectivity index (χ1) is 16.6. The van der Waals surface area contributed by atoms with Crippen molar-refractivity contribution in [3.8, 4) is 11.3 Å². The molecule has 2 atom stereocenters. The number of pyridine rings is 1. The number of rotatable bonds is 4. The van der Waals surface area contributed by atoms with Gasteiger partial charge >= 0.3 is 0 Å². The molecule has 4 aromatic rings. The minimum absolute atomic E-state index is 0.171. The van der Waals surface area contributed by atoms with Crippen molar-refractivity contribution in [3.63, 3.8) is 0 Å². The summed E-state index contributed by atoms with van der Waals surface area (Å²) in [6, 6.07) is 20.6. The zero-order valence-electron chi connectivity index (χ0n) is 18.6. The summed E-state index contributed by atoms with van der Waals surface area (Å²) in [4.78, 5) is 22.1. The molecule has 0 aliphatic carbocycles. The molecule has 2 aliphatic heterocycles. The van der Waals surface area contributed by atoms with E-state index in [9.17, 15) is 9.18 Å². The lowest BCUT2D eigenvalue weighted by molar-refractivity contribution is 0.0768. The van der Waals surface area contributed by atoms with Gasteiger partial charge in [-0.2, -0.15) is 0 Å². The molecule has 0 saturated carbocycles. The molecule has 34 heavy (non-hydrogen) atoms. The normalized spacial score (nSPS) is 20.2. The van der Waals surface area contributed by atoms with E-state index in [-0.39, 0.29) is 11.5 Å². The van der Waals surface area contributed by atoms with Crippen LogP contribution in [-0.2, 0) is 6.54 Å². The Balaban J connectivity index is 1.21. The first-order valence-electron chi connectivity index (χ1n) is 11.5. The molecule has 1 amide bonds. The molecule has 2 aromatic carbocycles. The number of hydrogen-bond acceptors (Lipinski definition) is 3. The summed E-state index contributed by atoms with van der Waals surface area (Å²) in [6.45, 7) is 4.00. The summed E-state index contributed by atoms with van der Waals surface area (Å²) in [6.07, 6.45) is 2.08. The topological polar surface area (TPSA) is 40.9 Å². The third kappa shape index (κ3) is 3.83. The van der Waals surface area contributed by atoms with Gasteiger partial charge in [0.2, 0.25) is 0 Å². The van der Waals surface area contributed by atoms with Crippen LogP contribution in [0.15, 0.2) is 77.4 Å². The number of nitrogens with zero attached hydrogens (tertiary/aromatic N) is 4. The summed E-state index contributed by atoms with van der Waals surface area (Å²) in [5.74, 6) is 0.176. The fraction of sp³-hybridized carbons (Fsp3) is 0.259. The summed E-state index contributed by atoms with van der Waals surface area (Å²) in [7, 11) is 0. The van der Waals surface area contributed by atoms with Crippen LogP contribution in [0.4, 0.5) is 4.39 Å².